The number of rotatable bonds is 4. The minimum Gasteiger partial charge on any atom is -0.396 e. The van der Waals surface area contributed by atoms with E-state index >= 15 is 0 Å². The fraction of sp³-hybridized carbons (Fsp3) is 0.167. The summed E-state index contributed by atoms with van der Waals surface area (Å²) >= 11 is 1.39. The van der Waals surface area contributed by atoms with Gasteiger partial charge in [0.1, 0.15) is 5.69 Å². The van der Waals surface area contributed by atoms with Crippen LogP contribution < -0.4 is 5.32 Å². The molecular weight excluding hydrogens is 236 g/mol. The van der Waals surface area contributed by atoms with Crippen LogP contribution in [0.5, 0.6) is 0 Å². The van der Waals surface area contributed by atoms with Gasteiger partial charge in [0.25, 0.3) is 5.91 Å². The standard InChI is InChI=1S/C12H12N2O2S/c15-6-5-9-1-3-10(4-2-9)14-12(16)11-7-17-8-13-11/h1-4,7-8,15H,5-6H2,(H,14,16). The van der Waals surface area contributed by atoms with Crippen LogP contribution in [-0.4, -0.2) is 22.6 Å². The number of amides is 1. The van der Waals surface area contributed by atoms with Crippen LogP contribution in [0.25, 0.3) is 0 Å². The molecule has 0 fully saturated rings. The van der Waals surface area contributed by atoms with E-state index in [9.17, 15) is 4.79 Å². The molecule has 0 atom stereocenters. The first kappa shape index (κ1) is 11.8. The molecule has 2 rings (SSSR count). The lowest BCUT2D eigenvalue weighted by molar-refractivity contribution is 0.102. The van der Waals surface area contributed by atoms with E-state index in [1.165, 1.54) is 11.3 Å². The summed E-state index contributed by atoms with van der Waals surface area (Å²) < 4.78 is 0. The Kier molecular flexibility index (Phi) is 3.85. The van der Waals surface area contributed by atoms with Crippen molar-refractivity contribution in [2.24, 2.45) is 0 Å². The number of thiazole rings is 1. The quantitative estimate of drug-likeness (QED) is 0.869. The Morgan fingerprint density at radius 2 is 2.12 bits per heavy atom. The Hall–Kier alpha value is -1.72. The van der Waals surface area contributed by atoms with E-state index in [2.05, 4.69) is 10.3 Å². The van der Waals surface area contributed by atoms with Gasteiger partial charge in [-0.3, -0.25) is 4.79 Å². The Balaban J connectivity index is 2.01. The molecule has 0 aliphatic rings. The molecule has 0 aliphatic carbocycles. The predicted molar refractivity (Wildman–Crippen MR) is 67.3 cm³/mol. The fourth-order valence-electron chi connectivity index (χ4n) is 1.40. The molecule has 5 heteroatoms. The SMILES string of the molecule is O=C(Nc1ccc(CCO)cc1)c1cscn1. The zero-order chi connectivity index (χ0) is 12.1. The van der Waals surface area contributed by atoms with E-state index in [4.69, 9.17) is 5.11 Å². The van der Waals surface area contributed by atoms with Gasteiger partial charge in [0.15, 0.2) is 0 Å². The number of nitrogens with zero attached hydrogens (tertiary/aromatic N) is 1. The normalized spacial score (nSPS) is 10.2. The second-order valence-electron chi connectivity index (χ2n) is 3.50. The summed E-state index contributed by atoms with van der Waals surface area (Å²) in [4.78, 5) is 15.6. The van der Waals surface area contributed by atoms with Gasteiger partial charge in [-0.25, -0.2) is 4.98 Å². The molecular formula is C12H12N2O2S. The highest BCUT2D eigenvalue weighted by atomic mass is 32.1. The van der Waals surface area contributed by atoms with E-state index in [1.807, 2.05) is 24.3 Å². The molecule has 0 unspecified atom stereocenters. The molecule has 0 aliphatic heterocycles. The number of carbonyl (C=O) groups is 1. The Labute approximate surface area is 103 Å². The monoisotopic (exact) mass is 248 g/mol. The molecule has 2 N–H and O–H groups in total. The molecule has 2 aromatic rings. The zero-order valence-corrected chi connectivity index (χ0v) is 9.91. The third-order valence-corrected chi connectivity index (χ3v) is 2.86. The third kappa shape index (κ3) is 3.12. The van der Waals surface area contributed by atoms with E-state index in [0.29, 0.717) is 12.1 Å². The molecule has 1 aromatic carbocycles. The van der Waals surface area contributed by atoms with Crippen molar-refractivity contribution in [3.8, 4) is 0 Å². The minimum atomic E-state index is -0.207. The van der Waals surface area contributed by atoms with Crippen LogP contribution in [0.2, 0.25) is 0 Å². The first-order valence-corrected chi connectivity index (χ1v) is 6.13. The fourth-order valence-corrected chi connectivity index (χ4v) is 1.94. The first-order valence-electron chi connectivity index (χ1n) is 5.19. The highest BCUT2D eigenvalue weighted by Gasteiger charge is 2.07. The lowest BCUT2D eigenvalue weighted by atomic mass is 10.1. The van der Waals surface area contributed by atoms with E-state index < -0.39 is 0 Å². The number of aliphatic hydroxyl groups excluding tert-OH is 1. The summed E-state index contributed by atoms with van der Waals surface area (Å²) in [6.45, 7) is 0.129. The van der Waals surface area contributed by atoms with Crippen molar-refractivity contribution >= 4 is 22.9 Å². The van der Waals surface area contributed by atoms with Crippen LogP contribution in [0.3, 0.4) is 0 Å². The van der Waals surface area contributed by atoms with Gasteiger partial charge in [0, 0.05) is 17.7 Å². The largest absolute Gasteiger partial charge is 0.396 e. The maximum atomic E-state index is 11.7. The molecule has 0 spiro atoms. The molecule has 0 saturated heterocycles. The summed E-state index contributed by atoms with van der Waals surface area (Å²) in [5.74, 6) is -0.207. The number of aromatic nitrogens is 1. The number of carbonyl (C=O) groups excluding carboxylic acids is 1. The molecule has 1 amide bonds. The zero-order valence-electron chi connectivity index (χ0n) is 9.09. The van der Waals surface area contributed by atoms with Gasteiger partial charge >= 0.3 is 0 Å². The highest BCUT2D eigenvalue weighted by molar-refractivity contribution is 7.07. The summed E-state index contributed by atoms with van der Waals surface area (Å²) in [5.41, 5.74) is 3.82. The molecule has 17 heavy (non-hydrogen) atoms. The van der Waals surface area contributed by atoms with Gasteiger partial charge in [0.05, 0.1) is 5.51 Å². The van der Waals surface area contributed by atoms with E-state index in [1.54, 1.807) is 10.9 Å². The van der Waals surface area contributed by atoms with Gasteiger partial charge in [-0.05, 0) is 24.1 Å². The van der Waals surface area contributed by atoms with Crippen LogP contribution in [0.4, 0.5) is 5.69 Å². The molecule has 0 radical (unpaired) electrons. The molecule has 1 heterocycles. The summed E-state index contributed by atoms with van der Waals surface area (Å²) in [6, 6.07) is 7.39. The van der Waals surface area contributed by atoms with Crippen LogP contribution >= 0.6 is 11.3 Å². The van der Waals surface area contributed by atoms with Crippen LogP contribution in [0.15, 0.2) is 35.2 Å². The van der Waals surface area contributed by atoms with E-state index in [-0.39, 0.29) is 12.5 Å². The Bertz CT molecular complexity index is 480. The maximum absolute atomic E-state index is 11.7. The third-order valence-electron chi connectivity index (χ3n) is 2.28. The molecule has 1 aromatic heterocycles. The number of nitrogens with one attached hydrogen (secondary N) is 1. The van der Waals surface area contributed by atoms with Crippen molar-refractivity contribution in [2.45, 2.75) is 6.42 Å². The van der Waals surface area contributed by atoms with E-state index in [0.717, 1.165) is 11.3 Å². The van der Waals surface area contributed by atoms with Crippen molar-refractivity contribution in [3.63, 3.8) is 0 Å². The molecule has 0 saturated carbocycles. The second-order valence-corrected chi connectivity index (χ2v) is 4.22. The number of aliphatic hydroxyl groups is 1. The summed E-state index contributed by atoms with van der Waals surface area (Å²) in [7, 11) is 0. The topological polar surface area (TPSA) is 62.2 Å². The van der Waals surface area contributed by atoms with Gasteiger partial charge in [0.2, 0.25) is 0 Å². The van der Waals surface area contributed by atoms with Crippen LogP contribution in [0.1, 0.15) is 16.1 Å². The van der Waals surface area contributed by atoms with Gasteiger partial charge in [-0.2, -0.15) is 0 Å². The van der Waals surface area contributed by atoms with Crippen molar-refractivity contribution in [1.82, 2.24) is 4.98 Å². The first-order chi connectivity index (χ1) is 8.29. The minimum absolute atomic E-state index is 0.129. The maximum Gasteiger partial charge on any atom is 0.275 e. The average Bonchev–Trinajstić information content (AvgIpc) is 2.86. The summed E-state index contributed by atoms with van der Waals surface area (Å²) in [5, 5.41) is 13.2. The second kappa shape index (κ2) is 5.56. The molecule has 88 valence electrons. The van der Waals surface area contributed by atoms with Gasteiger partial charge < -0.3 is 10.4 Å². The average molecular weight is 248 g/mol. The van der Waals surface area contributed by atoms with Crippen LogP contribution in [0, 0.1) is 0 Å². The highest BCUT2D eigenvalue weighted by Crippen LogP contribution is 2.11. The molecule has 4 nitrogen and oxygen atoms in total. The number of hydrogen-bond donors (Lipinski definition) is 2. The van der Waals surface area contributed by atoms with Crippen molar-refractivity contribution in [2.75, 3.05) is 11.9 Å². The lowest BCUT2D eigenvalue weighted by Crippen LogP contribution is -2.12. The molecule has 0 bridgehead atoms. The number of benzene rings is 1. The van der Waals surface area contributed by atoms with Gasteiger partial charge in [-0.1, -0.05) is 12.1 Å². The van der Waals surface area contributed by atoms with Crippen molar-refractivity contribution in [3.05, 3.63) is 46.4 Å². The lowest BCUT2D eigenvalue weighted by Gasteiger charge is -2.04. The smallest absolute Gasteiger partial charge is 0.275 e. The summed E-state index contributed by atoms with van der Waals surface area (Å²) in [6.07, 6.45) is 0.625. The Morgan fingerprint density at radius 3 is 2.71 bits per heavy atom. The van der Waals surface area contributed by atoms with Crippen molar-refractivity contribution < 1.29 is 9.90 Å². The van der Waals surface area contributed by atoms with Gasteiger partial charge in [-0.15, -0.1) is 11.3 Å². The van der Waals surface area contributed by atoms with Crippen molar-refractivity contribution in [1.29, 1.82) is 0 Å². The number of anilines is 1. The number of hydrogen-bond acceptors (Lipinski definition) is 4. The Morgan fingerprint density at radius 1 is 1.35 bits per heavy atom. The predicted octanol–water partition coefficient (Wildman–Crippen LogP) is 1.93. The van der Waals surface area contributed by atoms with Crippen LogP contribution in [-0.2, 0) is 6.42 Å².